The second-order valence-electron chi connectivity index (χ2n) is 4.34. The predicted octanol–water partition coefficient (Wildman–Crippen LogP) is 1.83. The van der Waals surface area contributed by atoms with Gasteiger partial charge >= 0.3 is 5.82 Å². The first kappa shape index (κ1) is 15.7. The van der Waals surface area contributed by atoms with Gasteiger partial charge in [0.1, 0.15) is 0 Å². The van der Waals surface area contributed by atoms with E-state index in [1.165, 1.54) is 10.9 Å². The van der Waals surface area contributed by atoms with Crippen molar-refractivity contribution < 1.29 is 14.6 Å². The number of unbranched alkanes of at least 4 members (excludes halogenated alkanes) is 3. The zero-order chi connectivity index (χ0) is 15.1. The minimum atomic E-state index is -0.992. The van der Waals surface area contributed by atoms with E-state index < -0.39 is 33.7 Å². The summed E-state index contributed by atoms with van der Waals surface area (Å²) in [6.45, 7) is 1.43. The number of carbonyl (C=O) groups is 1. The quantitative estimate of drug-likeness (QED) is 0.295. The number of rotatable bonds is 9. The van der Waals surface area contributed by atoms with Gasteiger partial charge in [0.2, 0.25) is 5.69 Å². The third kappa shape index (κ3) is 4.11. The molecule has 0 saturated carbocycles. The number of carbonyl (C=O) groups excluding carboxylic acids is 1. The van der Waals surface area contributed by atoms with Crippen LogP contribution in [0.3, 0.4) is 0 Å². The molecule has 110 valence electrons. The molecule has 0 aliphatic rings. The van der Waals surface area contributed by atoms with Crippen molar-refractivity contribution in [3.05, 3.63) is 32.2 Å². The standard InChI is InChI=1S/C11H16N4O5/c1-2-3-4-5-6-13-8-12-10(11(13)15(19)20)9(16)7-14(17)18/h8H,2-7H2,1H3. The van der Waals surface area contributed by atoms with Gasteiger partial charge in [0, 0.05) is 4.92 Å². The fraction of sp³-hybridized carbons (Fsp3) is 0.636. The highest BCUT2D eigenvalue weighted by atomic mass is 16.6. The summed E-state index contributed by atoms with van der Waals surface area (Å²) in [5, 5.41) is 21.3. The molecule has 0 spiro atoms. The van der Waals surface area contributed by atoms with Gasteiger partial charge in [0.25, 0.3) is 12.3 Å². The van der Waals surface area contributed by atoms with Gasteiger partial charge in [0.15, 0.2) is 6.33 Å². The normalized spacial score (nSPS) is 10.4. The monoisotopic (exact) mass is 284 g/mol. The number of aromatic nitrogens is 2. The smallest absolute Gasteiger partial charge is 0.354 e. The summed E-state index contributed by atoms with van der Waals surface area (Å²) in [4.78, 5) is 35.0. The van der Waals surface area contributed by atoms with Gasteiger partial charge in [-0.1, -0.05) is 19.8 Å². The van der Waals surface area contributed by atoms with Crippen LogP contribution < -0.4 is 0 Å². The molecule has 1 heterocycles. The zero-order valence-electron chi connectivity index (χ0n) is 11.2. The highest BCUT2D eigenvalue weighted by molar-refractivity contribution is 5.98. The first-order valence-electron chi connectivity index (χ1n) is 6.31. The average Bonchev–Trinajstić information content (AvgIpc) is 2.77. The molecule has 1 aromatic rings. The summed E-state index contributed by atoms with van der Waals surface area (Å²) in [5.41, 5.74) is -0.442. The summed E-state index contributed by atoms with van der Waals surface area (Å²) >= 11 is 0. The van der Waals surface area contributed by atoms with E-state index in [9.17, 15) is 25.0 Å². The summed E-state index contributed by atoms with van der Waals surface area (Å²) < 4.78 is 1.27. The lowest BCUT2D eigenvalue weighted by Gasteiger charge is -2.01. The molecule has 0 unspecified atom stereocenters. The molecule has 0 amide bonds. The van der Waals surface area contributed by atoms with Crippen molar-refractivity contribution >= 4 is 11.6 Å². The van der Waals surface area contributed by atoms with Crippen molar-refractivity contribution in [1.82, 2.24) is 9.55 Å². The van der Waals surface area contributed by atoms with E-state index in [2.05, 4.69) is 4.98 Å². The lowest BCUT2D eigenvalue weighted by molar-refractivity contribution is -0.465. The number of hydrogen-bond acceptors (Lipinski definition) is 6. The Hall–Kier alpha value is -2.32. The summed E-state index contributed by atoms with van der Waals surface area (Å²) in [6, 6.07) is 0. The van der Waals surface area contributed by atoms with Crippen LogP contribution >= 0.6 is 0 Å². The van der Waals surface area contributed by atoms with Crippen molar-refractivity contribution in [3.63, 3.8) is 0 Å². The minimum absolute atomic E-state index is 0.370. The minimum Gasteiger partial charge on any atom is -0.358 e. The van der Waals surface area contributed by atoms with Crippen LogP contribution in [0.1, 0.15) is 43.1 Å². The first-order chi connectivity index (χ1) is 9.47. The Balaban J connectivity index is 2.87. The Kier molecular flexibility index (Phi) is 5.75. The lowest BCUT2D eigenvalue weighted by atomic mass is 10.2. The van der Waals surface area contributed by atoms with E-state index in [4.69, 9.17) is 0 Å². The molecule has 0 N–H and O–H groups in total. The Morgan fingerprint density at radius 2 is 2.00 bits per heavy atom. The molecule has 0 atom stereocenters. The molecule has 0 aliphatic heterocycles. The Morgan fingerprint density at radius 3 is 2.55 bits per heavy atom. The van der Waals surface area contributed by atoms with Crippen molar-refractivity contribution in [2.24, 2.45) is 0 Å². The van der Waals surface area contributed by atoms with Gasteiger partial charge in [0.05, 0.1) is 6.54 Å². The zero-order valence-corrected chi connectivity index (χ0v) is 11.2. The van der Waals surface area contributed by atoms with Gasteiger partial charge in [-0.15, -0.1) is 0 Å². The van der Waals surface area contributed by atoms with E-state index in [1.54, 1.807) is 0 Å². The second-order valence-corrected chi connectivity index (χ2v) is 4.34. The fourth-order valence-electron chi connectivity index (χ4n) is 1.83. The van der Waals surface area contributed by atoms with Gasteiger partial charge < -0.3 is 10.1 Å². The van der Waals surface area contributed by atoms with Crippen molar-refractivity contribution in [1.29, 1.82) is 0 Å². The van der Waals surface area contributed by atoms with Crippen molar-refractivity contribution in [2.75, 3.05) is 6.54 Å². The topological polar surface area (TPSA) is 121 Å². The third-order valence-electron chi connectivity index (χ3n) is 2.77. The van der Waals surface area contributed by atoms with Crippen molar-refractivity contribution in [3.8, 4) is 0 Å². The van der Waals surface area contributed by atoms with Gasteiger partial charge in [-0.25, -0.2) is 9.55 Å². The van der Waals surface area contributed by atoms with Gasteiger partial charge in [-0.3, -0.25) is 14.9 Å². The van der Waals surface area contributed by atoms with E-state index in [-0.39, 0.29) is 0 Å². The Labute approximate surface area is 114 Å². The Bertz CT molecular complexity index is 511. The highest BCUT2D eigenvalue weighted by Crippen LogP contribution is 2.19. The maximum Gasteiger partial charge on any atom is 0.354 e. The van der Waals surface area contributed by atoms with Crippen LogP contribution in [0.25, 0.3) is 0 Å². The highest BCUT2D eigenvalue weighted by Gasteiger charge is 2.29. The molecular weight excluding hydrogens is 268 g/mol. The molecule has 9 heteroatoms. The third-order valence-corrected chi connectivity index (χ3v) is 2.77. The molecule has 0 saturated heterocycles. The van der Waals surface area contributed by atoms with E-state index in [0.717, 1.165) is 25.7 Å². The number of imidazole rings is 1. The van der Waals surface area contributed by atoms with E-state index in [1.807, 2.05) is 6.92 Å². The van der Waals surface area contributed by atoms with Crippen LogP contribution in [0.4, 0.5) is 5.82 Å². The number of nitro groups is 2. The molecule has 1 aromatic heterocycles. The van der Waals surface area contributed by atoms with Crippen LogP contribution in [0.2, 0.25) is 0 Å². The molecule has 0 aromatic carbocycles. The number of hydrogen-bond donors (Lipinski definition) is 0. The maximum absolute atomic E-state index is 11.5. The number of ketones is 1. The number of Topliss-reactive ketones (excluding diaryl/α,β-unsaturated/α-hetero) is 1. The van der Waals surface area contributed by atoms with Crippen LogP contribution in [-0.2, 0) is 6.54 Å². The molecule has 0 fully saturated rings. The molecule has 0 aliphatic carbocycles. The first-order valence-corrected chi connectivity index (χ1v) is 6.31. The Morgan fingerprint density at radius 1 is 1.30 bits per heavy atom. The largest absolute Gasteiger partial charge is 0.358 e. The SMILES string of the molecule is CCCCCCn1cnc(C(=O)C[N+](=O)[O-])c1[N+](=O)[O-]. The van der Waals surface area contributed by atoms with Crippen LogP contribution in [-0.4, -0.2) is 31.7 Å². The van der Waals surface area contributed by atoms with Crippen molar-refractivity contribution in [2.45, 2.75) is 39.2 Å². The molecule has 1 rings (SSSR count). The van der Waals surface area contributed by atoms with E-state index >= 15 is 0 Å². The fourth-order valence-corrected chi connectivity index (χ4v) is 1.83. The summed E-state index contributed by atoms with van der Waals surface area (Å²) in [5.74, 6) is -1.41. The molecule has 0 radical (unpaired) electrons. The molecule has 9 nitrogen and oxygen atoms in total. The van der Waals surface area contributed by atoms with Crippen LogP contribution in [0, 0.1) is 20.2 Å². The average molecular weight is 284 g/mol. The number of aryl methyl sites for hydroxylation is 1. The summed E-state index contributed by atoms with van der Waals surface area (Å²) in [7, 11) is 0. The van der Waals surface area contributed by atoms with Crippen LogP contribution in [0.5, 0.6) is 0 Å². The van der Waals surface area contributed by atoms with Gasteiger partial charge in [-0.2, -0.15) is 0 Å². The van der Waals surface area contributed by atoms with Crippen LogP contribution in [0.15, 0.2) is 6.33 Å². The molecule has 20 heavy (non-hydrogen) atoms. The predicted molar refractivity (Wildman–Crippen MR) is 69.2 cm³/mol. The summed E-state index contributed by atoms with van der Waals surface area (Å²) in [6.07, 6.45) is 4.91. The van der Waals surface area contributed by atoms with Gasteiger partial charge in [-0.05, 0) is 17.8 Å². The maximum atomic E-state index is 11.5. The second kappa shape index (κ2) is 7.31. The number of nitrogens with zero attached hydrogens (tertiary/aromatic N) is 4. The molecule has 0 bridgehead atoms. The lowest BCUT2D eigenvalue weighted by Crippen LogP contribution is -2.16. The van der Waals surface area contributed by atoms with E-state index in [0.29, 0.717) is 6.54 Å². The molecular formula is C11H16N4O5.